The summed E-state index contributed by atoms with van der Waals surface area (Å²) in [6.07, 6.45) is -3.46. The van der Waals surface area contributed by atoms with Gasteiger partial charge in [0, 0.05) is 7.05 Å². The van der Waals surface area contributed by atoms with E-state index in [4.69, 9.17) is 19.4 Å². The van der Waals surface area contributed by atoms with Gasteiger partial charge >= 0.3 is 23.5 Å². The number of fused-ring (bicyclic) bond motifs is 1. The third-order valence-electron chi connectivity index (χ3n) is 4.02. The van der Waals surface area contributed by atoms with Gasteiger partial charge in [-0.05, 0) is 0 Å². The third-order valence-corrected chi connectivity index (χ3v) is 7.83. The molecule has 0 aliphatic carbocycles. The Kier molecular flexibility index (Phi) is 11.7. The highest BCUT2D eigenvalue weighted by Gasteiger charge is 2.47. The van der Waals surface area contributed by atoms with Crippen molar-refractivity contribution < 1.29 is 61.4 Å². The van der Waals surface area contributed by atoms with Crippen LogP contribution in [0, 0.1) is 0 Å². The molecule has 35 heavy (non-hydrogen) atoms. The lowest BCUT2D eigenvalue weighted by atomic mass is 10.1. The van der Waals surface area contributed by atoms with Crippen molar-refractivity contribution >= 4 is 40.4 Å². The summed E-state index contributed by atoms with van der Waals surface area (Å²) in [5.41, 5.74) is 0.561. The summed E-state index contributed by atoms with van der Waals surface area (Å²) in [6.45, 7) is -0.943. The molecule has 3 rings (SSSR count). The Hall–Kier alpha value is -1.48. The maximum atomic E-state index is 11.8. The predicted octanol–water partition coefficient (Wildman–Crippen LogP) is -0.684. The average Bonchev–Trinajstić information content (AvgIpc) is 3.19. The summed E-state index contributed by atoms with van der Waals surface area (Å²) >= 11 is 0. The number of aromatic nitrogens is 4. The fourth-order valence-electron chi connectivity index (χ4n) is 2.79. The molecule has 2 unspecified atom stereocenters. The molecule has 21 nitrogen and oxygen atoms in total. The van der Waals surface area contributed by atoms with E-state index < -0.39 is 54.6 Å². The molecule has 0 radical (unpaired) electrons. The van der Waals surface area contributed by atoms with E-state index in [0.717, 1.165) is 0 Å². The molecule has 24 heteroatoms. The van der Waals surface area contributed by atoms with E-state index in [9.17, 15) is 28.8 Å². The maximum absolute atomic E-state index is 11.8. The Balaban J connectivity index is 0.00000385. The standard InChI is InChI=1S/C11H18N5O13P3.3H3N/c1-12-9-6-10(14-3-13-9)16(4-15-6)11-8(18)7(17)5(27-11)2-26-31(22,23)29-32(24,25)28-30(19,20)21;;;/h3-5,7-8,11,17-18H,2H2,1H3,(H,22,23)(H,24,25)(H,12,13,14)(H2,19,20,21);3*1H3/t5-,7-,8-,11-;;;/m1.../s1. The molecular formula is C11H27N8O13P3. The predicted molar refractivity (Wildman–Crippen MR) is 116 cm³/mol. The summed E-state index contributed by atoms with van der Waals surface area (Å²) in [7, 11) is -15.1. The number of ether oxygens (including phenoxy) is 1. The number of phosphoric acid groups is 3. The largest absolute Gasteiger partial charge is 0.490 e. The van der Waals surface area contributed by atoms with Gasteiger partial charge in [-0.15, -0.1) is 0 Å². The monoisotopic (exact) mass is 572 g/mol. The van der Waals surface area contributed by atoms with Gasteiger partial charge in [-0.3, -0.25) is 9.09 Å². The van der Waals surface area contributed by atoms with E-state index in [-0.39, 0.29) is 24.1 Å². The molecular weight excluding hydrogens is 545 g/mol. The molecule has 0 amide bonds. The summed E-state index contributed by atoms with van der Waals surface area (Å²) < 4.78 is 52.1. The molecule has 1 saturated heterocycles. The van der Waals surface area contributed by atoms with Gasteiger partial charge in [-0.2, -0.15) is 8.62 Å². The van der Waals surface area contributed by atoms with Crippen LogP contribution in [-0.4, -0.2) is 81.3 Å². The fraction of sp³-hybridized carbons (Fsp3) is 0.545. The molecule has 1 fully saturated rings. The highest BCUT2D eigenvalue weighted by Crippen LogP contribution is 2.66. The molecule has 1 aliphatic rings. The van der Waals surface area contributed by atoms with Crippen molar-refractivity contribution in [2.45, 2.75) is 24.5 Å². The number of aliphatic hydroxyl groups is 2. The number of hydrogen-bond acceptors (Lipinski definition) is 16. The lowest BCUT2D eigenvalue weighted by molar-refractivity contribution is -0.0503. The molecule has 0 saturated carbocycles. The molecule has 2 aromatic rings. The minimum Gasteiger partial charge on any atom is -0.387 e. The minimum absolute atomic E-state index is 0. The van der Waals surface area contributed by atoms with Crippen molar-refractivity contribution in [2.75, 3.05) is 19.0 Å². The lowest BCUT2D eigenvalue weighted by Gasteiger charge is -2.19. The zero-order valence-electron chi connectivity index (χ0n) is 18.0. The van der Waals surface area contributed by atoms with Gasteiger partial charge in [0.2, 0.25) is 0 Å². The van der Waals surface area contributed by atoms with Crippen LogP contribution in [0.25, 0.3) is 11.2 Å². The van der Waals surface area contributed by atoms with Crippen LogP contribution in [0.4, 0.5) is 5.82 Å². The SMILES string of the molecule is CNc1ncnc2c1ncn2[C@@H]1O[C@H](COP(=O)(O)OP(=O)(O)OP(=O)(O)O)[C@@H](O)[C@H]1O.N.N.N. The van der Waals surface area contributed by atoms with Crippen LogP contribution < -0.4 is 23.8 Å². The number of rotatable bonds is 9. The van der Waals surface area contributed by atoms with Crippen LogP contribution in [0.2, 0.25) is 0 Å². The normalized spacial score (nSPS) is 25.5. The lowest BCUT2D eigenvalue weighted by Crippen LogP contribution is -2.33. The van der Waals surface area contributed by atoms with Gasteiger partial charge in [0.05, 0.1) is 12.9 Å². The van der Waals surface area contributed by atoms with Crippen LogP contribution in [0.5, 0.6) is 0 Å². The van der Waals surface area contributed by atoms with E-state index in [1.165, 1.54) is 17.2 Å². The van der Waals surface area contributed by atoms with Gasteiger partial charge < -0.3 is 58.3 Å². The molecule has 2 aromatic heterocycles. The first-order valence-electron chi connectivity index (χ1n) is 8.38. The van der Waals surface area contributed by atoms with Crippen molar-refractivity contribution in [3.63, 3.8) is 0 Å². The Morgan fingerprint density at radius 3 is 2.20 bits per heavy atom. The Labute approximate surface area is 196 Å². The molecule has 1 aliphatic heterocycles. The zero-order chi connectivity index (χ0) is 23.9. The number of anilines is 1. The summed E-state index contributed by atoms with van der Waals surface area (Å²) in [5, 5.41) is 23.3. The first-order chi connectivity index (χ1) is 14.7. The van der Waals surface area contributed by atoms with Crippen LogP contribution in [0.3, 0.4) is 0 Å². The van der Waals surface area contributed by atoms with Crippen LogP contribution >= 0.6 is 23.5 Å². The van der Waals surface area contributed by atoms with E-state index in [1.54, 1.807) is 7.05 Å². The average molecular weight is 572 g/mol. The summed E-state index contributed by atoms with van der Waals surface area (Å²) in [4.78, 5) is 47.8. The highest BCUT2D eigenvalue weighted by molar-refractivity contribution is 7.66. The minimum atomic E-state index is -5.70. The second-order valence-electron chi connectivity index (χ2n) is 6.23. The quantitative estimate of drug-likeness (QED) is 0.166. The Bertz CT molecular complexity index is 1130. The number of aliphatic hydroxyl groups excluding tert-OH is 2. The van der Waals surface area contributed by atoms with Gasteiger partial charge in [0.25, 0.3) is 0 Å². The molecule has 0 bridgehead atoms. The topological polar surface area (TPSA) is 370 Å². The smallest absolute Gasteiger partial charge is 0.387 e. The van der Waals surface area contributed by atoms with E-state index in [2.05, 4.69) is 33.4 Å². The number of nitrogens with zero attached hydrogens (tertiary/aromatic N) is 4. The number of imidazole rings is 1. The first-order valence-corrected chi connectivity index (χ1v) is 12.9. The fourth-order valence-corrected chi connectivity index (χ4v) is 5.82. The van der Waals surface area contributed by atoms with Crippen molar-refractivity contribution in [3.8, 4) is 0 Å². The molecule has 204 valence electrons. The summed E-state index contributed by atoms with van der Waals surface area (Å²) in [6, 6.07) is 0. The van der Waals surface area contributed by atoms with Gasteiger partial charge in [-0.25, -0.2) is 28.6 Å². The van der Waals surface area contributed by atoms with Gasteiger partial charge in [0.1, 0.15) is 30.2 Å². The third kappa shape index (κ3) is 8.00. The zero-order valence-corrected chi connectivity index (χ0v) is 20.6. The van der Waals surface area contributed by atoms with Gasteiger partial charge in [0.15, 0.2) is 17.7 Å². The Morgan fingerprint density at radius 1 is 1.00 bits per heavy atom. The van der Waals surface area contributed by atoms with Crippen molar-refractivity contribution in [3.05, 3.63) is 12.7 Å². The van der Waals surface area contributed by atoms with Crippen molar-refractivity contribution in [2.24, 2.45) is 0 Å². The first kappa shape index (κ1) is 33.5. The van der Waals surface area contributed by atoms with E-state index in [1.807, 2.05) is 0 Å². The second kappa shape index (κ2) is 12.2. The molecule has 6 atom stereocenters. The molecule has 0 spiro atoms. The number of hydrogen-bond donors (Lipinski definition) is 10. The molecule has 0 aromatic carbocycles. The molecule has 3 heterocycles. The number of phosphoric ester groups is 1. The molecule has 16 N–H and O–H groups in total. The second-order valence-corrected chi connectivity index (χ2v) is 10.6. The number of nitrogens with one attached hydrogen (secondary N) is 1. The van der Waals surface area contributed by atoms with Crippen LogP contribution in [0.1, 0.15) is 6.23 Å². The van der Waals surface area contributed by atoms with E-state index in [0.29, 0.717) is 11.3 Å². The van der Waals surface area contributed by atoms with Crippen molar-refractivity contribution in [1.29, 1.82) is 0 Å². The summed E-state index contributed by atoms with van der Waals surface area (Å²) in [5.74, 6) is 0.381. The highest BCUT2D eigenvalue weighted by atomic mass is 31.3. The van der Waals surface area contributed by atoms with Gasteiger partial charge in [-0.1, -0.05) is 0 Å². The Morgan fingerprint density at radius 2 is 1.63 bits per heavy atom. The maximum Gasteiger partial charge on any atom is 0.490 e. The van der Waals surface area contributed by atoms with Crippen LogP contribution in [-0.2, 0) is 31.6 Å². The van der Waals surface area contributed by atoms with Crippen molar-refractivity contribution in [1.82, 2.24) is 38.0 Å². The van der Waals surface area contributed by atoms with Crippen LogP contribution in [0.15, 0.2) is 12.7 Å². The van der Waals surface area contributed by atoms with E-state index >= 15 is 0 Å².